The van der Waals surface area contributed by atoms with Crippen molar-refractivity contribution >= 4 is 29.0 Å². The maximum absolute atomic E-state index is 11.9. The van der Waals surface area contributed by atoms with Gasteiger partial charge in [0.15, 0.2) is 0 Å². The highest BCUT2D eigenvalue weighted by molar-refractivity contribution is 7.98. The molecule has 0 saturated carbocycles. The third-order valence-electron chi connectivity index (χ3n) is 2.75. The summed E-state index contributed by atoms with van der Waals surface area (Å²) in [5.74, 6) is 1.99. The average Bonchev–Trinajstić information content (AvgIpc) is 2.92. The van der Waals surface area contributed by atoms with Crippen molar-refractivity contribution in [3.05, 3.63) is 57.8 Å². The Labute approximate surface area is 122 Å². The largest absolute Gasteiger partial charge is 0.351 e. The molecule has 0 radical (unpaired) electrons. The molecule has 0 spiro atoms. The summed E-state index contributed by atoms with van der Waals surface area (Å²) in [6.45, 7) is 2.67. The van der Waals surface area contributed by atoms with Crippen LogP contribution >= 0.6 is 23.1 Å². The molecule has 1 aromatic carbocycles. The quantitative estimate of drug-likeness (QED) is 0.822. The van der Waals surface area contributed by atoms with Crippen molar-refractivity contribution in [2.24, 2.45) is 0 Å². The lowest BCUT2D eigenvalue weighted by Crippen LogP contribution is -2.26. The first-order valence-corrected chi connectivity index (χ1v) is 8.25. The Bertz CT molecular complexity index is 523. The van der Waals surface area contributed by atoms with Crippen LogP contribution in [-0.2, 0) is 5.75 Å². The van der Waals surface area contributed by atoms with E-state index in [-0.39, 0.29) is 5.91 Å². The zero-order chi connectivity index (χ0) is 13.5. The highest BCUT2D eigenvalue weighted by Crippen LogP contribution is 2.16. The molecule has 0 atom stereocenters. The Morgan fingerprint density at radius 1 is 1.26 bits per heavy atom. The smallest absolute Gasteiger partial charge is 0.251 e. The van der Waals surface area contributed by atoms with Crippen LogP contribution in [0.15, 0.2) is 41.8 Å². The van der Waals surface area contributed by atoms with E-state index < -0.39 is 0 Å². The van der Waals surface area contributed by atoms with Gasteiger partial charge in [-0.1, -0.05) is 24.3 Å². The second-order valence-electron chi connectivity index (χ2n) is 4.20. The number of carbonyl (C=O) groups is 1. The van der Waals surface area contributed by atoms with Crippen molar-refractivity contribution in [3.8, 4) is 0 Å². The van der Waals surface area contributed by atoms with E-state index >= 15 is 0 Å². The van der Waals surface area contributed by atoms with Gasteiger partial charge in [-0.2, -0.15) is 11.8 Å². The summed E-state index contributed by atoms with van der Waals surface area (Å²) in [6, 6.07) is 11.9. The molecule has 0 unspecified atom stereocenters. The molecule has 1 heterocycles. The van der Waals surface area contributed by atoms with Gasteiger partial charge in [0.2, 0.25) is 0 Å². The van der Waals surface area contributed by atoms with Gasteiger partial charge in [-0.05, 0) is 30.0 Å². The average molecular weight is 291 g/mol. The summed E-state index contributed by atoms with van der Waals surface area (Å²) in [5.41, 5.74) is 1.79. The van der Waals surface area contributed by atoms with Crippen LogP contribution in [0.1, 0.15) is 20.8 Å². The Balaban J connectivity index is 1.68. The molecule has 2 nitrogen and oxygen atoms in total. The molecule has 0 aliphatic carbocycles. The Hall–Kier alpha value is -1.26. The number of benzene rings is 1. The summed E-state index contributed by atoms with van der Waals surface area (Å²) in [5, 5.41) is 5.06. The lowest BCUT2D eigenvalue weighted by atomic mass is 10.1. The van der Waals surface area contributed by atoms with Crippen molar-refractivity contribution in [3.63, 3.8) is 0 Å². The van der Waals surface area contributed by atoms with Crippen molar-refractivity contribution in [2.45, 2.75) is 12.7 Å². The number of carbonyl (C=O) groups excluding carboxylic acids is 1. The van der Waals surface area contributed by atoms with Crippen LogP contribution < -0.4 is 5.32 Å². The number of hydrogen-bond acceptors (Lipinski definition) is 3. The molecule has 2 aromatic rings. The number of thioether (sulfide) groups is 1. The minimum atomic E-state index is 0.0230. The number of aryl methyl sites for hydroxylation is 1. The number of nitrogens with one attached hydrogen (secondary N) is 1. The van der Waals surface area contributed by atoms with Gasteiger partial charge in [0.05, 0.1) is 0 Å². The van der Waals surface area contributed by atoms with Gasteiger partial charge >= 0.3 is 0 Å². The molecule has 0 fully saturated rings. The van der Waals surface area contributed by atoms with Crippen LogP contribution in [0.25, 0.3) is 0 Å². The second-order valence-corrected chi connectivity index (χ2v) is 6.34. The van der Waals surface area contributed by atoms with E-state index in [0.29, 0.717) is 6.54 Å². The van der Waals surface area contributed by atoms with Crippen molar-refractivity contribution in [2.75, 3.05) is 12.3 Å². The minimum absolute atomic E-state index is 0.0230. The topological polar surface area (TPSA) is 29.1 Å². The Kier molecular flexibility index (Phi) is 5.48. The second kappa shape index (κ2) is 7.36. The number of amides is 1. The van der Waals surface area contributed by atoms with Gasteiger partial charge < -0.3 is 5.32 Å². The van der Waals surface area contributed by atoms with Crippen LogP contribution in [0, 0.1) is 6.92 Å². The maximum Gasteiger partial charge on any atom is 0.251 e. The molecular weight excluding hydrogens is 274 g/mol. The molecule has 0 aliphatic rings. The van der Waals surface area contributed by atoms with Gasteiger partial charge in [-0.15, -0.1) is 11.3 Å². The first-order valence-electron chi connectivity index (χ1n) is 6.21. The fourth-order valence-electron chi connectivity index (χ4n) is 1.73. The van der Waals surface area contributed by atoms with Gasteiger partial charge in [-0.3, -0.25) is 4.79 Å². The fourth-order valence-corrected chi connectivity index (χ4v) is 3.43. The van der Waals surface area contributed by atoms with Crippen LogP contribution in [0.3, 0.4) is 0 Å². The zero-order valence-electron chi connectivity index (χ0n) is 10.9. The molecule has 0 aliphatic heterocycles. The summed E-state index contributed by atoms with van der Waals surface area (Å²) >= 11 is 3.63. The third-order valence-corrected chi connectivity index (χ3v) is 4.81. The van der Waals surface area contributed by atoms with Crippen molar-refractivity contribution in [1.82, 2.24) is 5.32 Å². The van der Waals surface area contributed by atoms with Gasteiger partial charge in [-0.25, -0.2) is 0 Å². The highest BCUT2D eigenvalue weighted by Gasteiger charge is 2.06. The molecule has 19 heavy (non-hydrogen) atoms. The standard InChI is InChI=1S/C15H17NOS2/c1-12-5-2-3-7-14(12)15(17)16-8-10-18-11-13-6-4-9-19-13/h2-7,9H,8,10-11H2,1H3,(H,16,17). The monoisotopic (exact) mass is 291 g/mol. The maximum atomic E-state index is 11.9. The van der Waals surface area contributed by atoms with Gasteiger partial charge in [0.1, 0.15) is 0 Å². The fraction of sp³-hybridized carbons (Fsp3) is 0.267. The first kappa shape index (κ1) is 14.2. The van der Waals surface area contributed by atoms with E-state index in [0.717, 1.165) is 22.6 Å². The summed E-state index contributed by atoms with van der Waals surface area (Å²) in [7, 11) is 0. The Morgan fingerprint density at radius 3 is 2.84 bits per heavy atom. The van der Waals surface area contributed by atoms with Gasteiger partial charge in [0, 0.05) is 28.5 Å². The molecule has 1 amide bonds. The molecule has 1 N–H and O–H groups in total. The number of rotatable bonds is 6. The van der Waals surface area contributed by atoms with E-state index in [9.17, 15) is 4.79 Å². The predicted molar refractivity (Wildman–Crippen MR) is 84.0 cm³/mol. The van der Waals surface area contributed by atoms with Crippen LogP contribution in [0.2, 0.25) is 0 Å². The summed E-state index contributed by atoms with van der Waals surface area (Å²) in [6.07, 6.45) is 0. The van der Waals surface area contributed by atoms with E-state index in [2.05, 4.69) is 22.8 Å². The third kappa shape index (κ3) is 4.40. The SMILES string of the molecule is Cc1ccccc1C(=O)NCCSCc1cccs1. The summed E-state index contributed by atoms with van der Waals surface area (Å²) in [4.78, 5) is 13.3. The molecular formula is C15H17NOS2. The molecule has 0 bridgehead atoms. The van der Waals surface area contributed by atoms with Crippen molar-refractivity contribution < 1.29 is 4.79 Å². The van der Waals surface area contributed by atoms with E-state index in [1.807, 2.05) is 43.0 Å². The molecule has 4 heteroatoms. The summed E-state index contributed by atoms with van der Waals surface area (Å²) < 4.78 is 0. The van der Waals surface area contributed by atoms with E-state index in [1.54, 1.807) is 11.3 Å². The van der Waals surface area contributed by atoms with Crippen molar-refractivity contribution in [1.29, 1.82) is 0 Å². The van der Waals surface area contributed by atoms with E-state index in [1.165, 1.54) is 4.88 Å². The lowest BCUT2D eigenvalue weighted by Gasteiger charge is -2.07. The Morgan fingerprint density at radius 2 is 2.11 bits per heavy atom. The van der Waals surface area contributed by atoms with Gasteiger partial charge in [0.25, 0.3) is 5.91 Å². The minimum Gasteiger partial charge on any atom is -0.351 e. The predicted octanol–water partition coefficient (Wildman–Crippen LogP) is 3.72. The molecule has 100 valence electrons. The molecule has 1 aromatic heterocycles. The molecule has 2 rings (SSSR count). The highest BCUT2D eigenvalue weighted by atomic mass is 32.2. The zero-order valence-corrected chi connectivity index (χ0v) is 12.5. The van der Waals surface area contributed by atoms with E-state index in [4.69, 9.17) is 0 Å². The molecule has 0 saturated heterocycles. The van der Waals surface area contributed by atoms with Crippen LogP contribution in [-0.4, -0.2) is 18.2 Å². The van der Waals surface area contributed by atoms with Crippen LogP contribution in [0.5, 0.6) is 0 Å². The first-order chi connectivity index (χ1) is 9.27. The number of hydrogen-bond donors (Lipinski definition) is 1. The van der Waals surface area contributed by atoms with Crippen LogP contribution in [0.4, 0.5) is 0 Å². The number of thiophene rings is 1. The lowest BCUT2D eigenvalue weighted by molar-refractivity contribution is 0.0955. The normalized spacial score (nSPS) is 10.4.